The number of hydrogen-bond acceptors (Lipinski definition) is 2. The van der Waals surface area contributed by atoms with Crippen LogP contribution >= 0.6 is 0 Å². The molecule has 0 bridgehead atoms. The lowest BCUT2D eigenvalue weighted by molar-refractivity contribution is 0.874. The number of H-pyrrole nitrogens is 1. The van der Waals surface area contributed by atoms with Crippen LogP contribution in [0, 0.1) is 6.92 Å². The zero-order valence-electron chi connectivity index (χ0n) is 8.99. The number of nitrogens with one attached hydrogen (secondary N) is 2. The van der Waals surface area contributed by atoms with Crippen LogP contribution in [0.3, 0.4) is 0 Å². The van der Waals surface area contributed by atoms with E-state index in [1.54, 1.807) is 0 Å². The van der Waals surface area contributed by atoms with Crippen molar-refractivity contribution in [2.75, 3.05) is 5.32 Å². The average Bonchev–Trinajstić information content (AvgIpc) is 2.66. The van der Waals surface area contributed by atoms with Crippen molar-refractivity contribution in [1.29, 1.82) is 0 Å². The molecule has 15 heavy (non-hydrogen) atoms. The van der Waals surface area contributed by atoms with Gasteiger partial charge in [0, 0.05) is 16.9 Å². The second kappa shape index (κ2) is 4.17. The highest BCUT2D eigenvalue weighted by Gasteiger charge is 2.09. The Balaban J connectivity index is 2.11. The number of nitrogens with zero attached hydrogens (tertiary/aromatic N) is 1. The van der Waals surface area contributed by atoms with Crippen molar-refractivity contribution in [1.82, 2.24) is 10.2 Å². The zero-order chi connectivity index (χ0) is 10.7. The van der Waals surface area contributed by atoms with E-state index in [1.807, 2.05) is 31.3 Å². The van der Waals surface area contributed by atoms with Gasteiger partial charge in [-0.25, -0.2) is 0 Å². The fraction of sp³-hybridized carbons (Fsp3) is 0.250. The van der Waals surface area contributed by atoms with E-state index in [4.69, 9.17) is 0 Å². The molecule has 0 saturated carbocycles. The Hall–Kier alpha value is -1.77. The highest BCUT2D eigenvalue weighted by atomic mass is 15.1. The first-order valence-corrected chi connectivity index (χ1v) is 5.09. The molecule has 2 rings (SSSR count). The van der Waals surface area contributed by atoms with Gasteiger partial charge in [0.25, 0.3) is 0 Å². The summed E-state index contributed by atoms with van der Waals surface area (Å²) in [5, 5.41) is 10.4. The highest BCUT2D eigenvalue weighted by Crippen LogP contribution is 2.19. The Labute approximate surface area is 89.5 Å². The molecule has 0 aliphatic carbocycles. The number of aromatic nitrogens is 2. The third-order valence-corrected chi connectivity index (χ3v) is 2.49. The maximum Gasteiger partial charge on any atom is 0.0542 e. The van der Waals surface area contributed by atoms with Crippen LogP contribution in [0.15, 0.2) is 36.5 Å². The molecule has 0 aliphatic heterocycles. The molecule has 0 amide bonds. The molecular weight excluding hydrogens is 186 g/mol. The molecule has 0 radical (unpaired) electrons. The first kappa shape index (κ1) is 9.77. The third kappa shape index (κ3) is 2.18. The zero-order valence-corrected chi connectivity index (χ0v) is 8.99. The molecule has 1 unspecified atom stereocenters. The van der Waals surface area contributed by atoms with Crippen LogP contribution in [0.25, 0.3) is 0 Å². The van der Waals surface area contributed by atoms with Gasteiger partial charge in [0.05, 0.1) is 12.2 Å². The van der Waals surface area contributed by atoms with E-state index in [-0.39, 0.29) is 6.04 Å². The van der Waals surface area contributed by atoms with E-state index in [2.05, 4.69) is 34.6 Å². The summed E-state index contributed by atoms with van der Waals surface area (Å²) in [6, 6.07) is 10.5. The summed E-state index contributed by atoms with van der Waals surface area (Å²) in [5.41, 5.74) is 3.45. The minimum atomic E-state index is 0.270. The fourth-order valence-electron chi connectivity index (χ4n) is 1.66. The first-order chi connectivity index (χ1) is 7.27. The third-order valence-electron chi connectivity index (χ3n) is 2.49. The molecule has 2 N–H and O–H groups in total. The molecule has 1 aromatic heterocycles. The van der Waals surface area contributed by atoms with Gasteiger partial charge in [-0.1, -0.05) is 18.2 Å². The van der Waals surface area contributed by atoms with Gasteiger partial charge in [-0.05, 0) is 26.0 Å². The Morgan fingerprint density at radius 2 is 2.00 bits per heavy atom. The number of aryl methyl sites for hydroxylation is 1. The summed E-state index contributed by atoms with van der Waals surface area (Å²) in [7, 11) is 0. The number of hydrogen-bond donors (Lipinski definition) is 2. The average molecular weight is 201 g/mol. The van der Waals surface area contributed by atoms with Gasteiger partial charge in [-0.15, -0.1) is 0 Å². The maximum atomic E-state index is 4.02. The normalized spacial score (nSPS) is 12.4. The van der Waals surface area contributed by atoms with Crippen molar-refractivity contribution in [3.8, 4) is 0 Å². The summed E-state index contributed by atoms with van der Waals surface area (Å²) in [6.45, 7) is 4.16. The van der Waals surface area contributed by atoms with Gasteiger partial charge in [-0.3, -0.25) is 5.10 Å². The van der Waals surface area contributed by atoms with Crippen molar-refractivity contribution in [3.05, 3.63) is 47.8 Å². The van der Waals surface area contributed by atoms with Crippen molar-refractivity contribution < 1.29 is 0 Å². The monoisotopic (exact) mass is 201 g/mol. The Morgan fingerprint density at radius 1 is 1.27 bits per heavy atom. The Kier molecular flexibility index (Phi) is 2.72. The van der Waals surface area contributed by atoms with Crippen molar-refractivity contribution in [3.63, 3.8) is 0 Å². The maximum absolute atomic E-state index is 4.02. The number of para-hydroxylation sites is 1. The summed E-state index contributed by atoms with van der Waals surface area (Å²) in [4.78, 5) is 0. The molecular formula is C12H15N3. The summed E-state index contributed by atoms with van der Waals surface area (Å²) in [5.74, 6) is 0. The predicted molar refractivity (Wildman–Crippen MR) is 61.8 cm³/mol. The van der Waals surface area contributed by atoms with Gasteiger partial charge in [0.1, 0.15) is 0 Å². The summed E-state index contributed by atoms with van der Waals surface area (Å²) in [6.07, 6.45) is 1.87. The van der Waals surface area contributed by atoms with E-state index >= 15 is 0 Å². The second-order valence-corrected chi connectivity index (χ2v) is 3.68. The van der Waals surface area contributed by atoms with E-state index in [1.165, 1.54) is 5.56 Å². The SMILES string of the molecule is Cc1[nH]ncc1C(C)Nc1ccccc1. The molecule has 0 saturated heterocycles. The molecule has 1 atom stereocenters. The molecule has 3 heteroatoms. The first-order valence-electron chi connectivity index (χ1n) is 5.09. The summed E-state index contributed by atoms with van der Waals surface area (Å²) < 4.78 is 0. The molecule has 0 fully saturated rings. The molecule has 2 aromatic rings. The van der Waals surface area contributed by atoms with Crippen LogP contribution in [0.2, 0.25) is 0 Å². The van der Waals surface area contributed by atoms with Crippen molar-refractivity contribution >= 4 is 5.69 Å². The summed E-state index contributed by atoms with van der Waals surface area (Å²) >= 11 is 0. The van der Waals surface area contributed by atoms with Crippen LogP contribution in [0.5, 0.6) is 0 Å². The van der Waals surface area contributed by atoms with Crippen LogP contribution < -0.4 is 5.32 Å². The minimum absolute atomic E-state index is 0.270. The lowest BCUT2D eigenvalue weighted by Crippen LogP contribution is -2.06. The van der Waals surface area contributed by atoms with Crippen molar-refractivity contribution in [2.45, 2.75) is 19.9 Å². The van der Waals surface area contributed by atoms with E-state index < -0.39 is 0 Å². The predicted octanol–water partition coefficient (Wildman–Crippen LogP) is 2.89. The highest BCUT2D eigenvalue weighted by molar-refractivity contribution is 5.45. The van der Waals surface area contributed by atoms with Gasteiger partial charge >= 0.3 is 0 Å². The van der Waals surface area contributed by atoms with E-state index in [0.717, 1.165) is 11.4 Å². The number of rotatable bonds is 3. The fourth-order valence-corrected chi connectivity index (χ4v) is 1.66. The number of aromatic amines is 1. The lowest BCUT2D eigenvalue weighted by Gasteiger charge is -2.14. The van der Waals surface area contributed by atoms with E-state index in [9.17, 15) is 0 Å². The standard InChI is InChI=1S/C12H15N3/c1-9(12-8-13-15-10(12)2)14-11-6-4-3-5-7-11/h3-9,14H,1-2H3,(H,13,15). The van der Waals surface area contributed by atoms with Crippen LogP contribution in [-0.2, 0) is 0 Å². The van der Waals surface area contributed by atoms with Gasteiger partial charge in [0.2, 0.25) is 0 Å². The molecule has 3 nitrogen and oxygen atoms in total. The van der Waals surface area contributed by atoms with Crippen LogP contribution in [-0.4, -0.2) is 10.2 Å². The van der Waals surface area contributed by atoms with Gasteiger partial charge in [0.15, 0.2) is 0 Å². The lowest BCUT2D eigenvalue weighted by atomic mass is 10.1. The Bertz CT molecular complexity index is 419. The molecule has 0 aliphatic rings. The van der Waals surface area contributed by atoms with E-state index in [0.29, 0.717) is 0 Å². The minimum Gasteiger partial charge on any atom is -0.378 e. The van der Waals surface area contributed by atoms with Crippen LogP contribution in [0.4, 0.5) is 5.69 Å². The van der Waals surface area contributed by atoms with Gasteiger partial charge < -0.3 is 5.32 Å². The molecule has 78 valence electrons. The topological polar surface area (TPSA) is 40.7 Å². The number of anilines is 1. The number of benzene rings is 1. The van der Waals surface area contributed by atoms with Crippen molar-refractivity contribution in [2.24, 2.45) is 0 Å². The molecule has 1 aromatic carbocycles. The quantitative estimate of drug-likeness (QED) is 0.801. The Morgan fingerprint density at radius 3 is 2.60 bits per heavy atom. The largest absolute Gasteiger partial charge is 0.378 e. The second-order valence-electron chi connectivity index (χ2n) is 3.68. The molecule has 0 spiro atoms. The van der Waals surface area contributed by atoms with Crippen LogP contribution in [0.1, 0.15) is 24.2 Å². The molecule has 1 heterocycles. The van der Waals surface area contributed by atoms with Gasteiger partial charge in [-0.2, -0.15) is 5.10 Å². The smallest absolute Gasteiger partial charge is 0.0542 e.